The van der Waals surface area contributed by atoms with Gasteiger partial charge in [0.15, 0.2) is 5.69 Å². The maximum absolute atomic E-state index is 13.8. The van der Waals surface area contributed by atoms with Crippen LogP contribution >= 0.6 is 0 Å². The Morgan fingerprint density at radius 2 is 1.93 bits per heavy atom. The first-order chi connectivity index (χ1) is 19.2. The van der Waals surface area contributed by atoms with Gasteiger partial charge in [0.05, 0.1) is 31.8 Å². The van der Waals surface area contributed by atoms with Crippen molar-refractivity contribution in [2.75, 3.05) is 33.9 Å². The van der Waals surface area contributed by atoms with Gasteiger partial charge in [0.25, 0.3) is 5.91 Å². The van der Waals surface area contributed by atoms with Gasteiger partial charge in [-0.2, -0.15) is 5.10 Å². The van der Waals surface area contributed by atoms with Crippen LogP contribution in [0.1, 0.15) is 61.6 Å². The van der Waals surface area contributed by atoms with Crippen molar-refractivity contribution in [2.45, 2.75) is 52.1 Å². The standard InChI is InChI=1S/C31H39N5O4/c1-8-34(29(37)28-23-12-10-11-13-24(23)33(5)32-28)15-14-31(4)26-16-20(3)27-21(17-22(39-6)18-25(27)40-7)19-35(26)30(38)36(31)9-2/h10-13,16-18,20H,8-9,14-15,19H2,1-7H3/t20-,31?/m0/s1. The minimum absolute atomic E-state index is 0.0172. The molecule has 0 N–H and O–H groups in total. The molecule has 0 aliphatic carbocycles. The lowest BCUT2D eigenvalue weighted by Crippen LogP contribution is -2.47. The molecule has 0 spiro atoms. The summed E-state index contributed by atoms with van der Waals surface area (Å²) in [4.78, 5) is 33.2. The van der Waals surface area contributed by atoms with Gasteiger partial charge in [-0.3, -0.25) is 14.4 Å². The second kappa shape index (κ2) is 10.5. The second-order valence-corrected chi connectivity index (χ2v) is 10.8. The molecule has 1 unspecified atom stereocenters. The number of para-hydroxylation sites is 1. The molecule has 3 aromatic rings. The molecule has 0 bridgehead atoms. The summed E-state index contributed by atoms with van der Waals surface area (Å²) in [5.41, 5.74) is 3.84. The zero-order valence-corrected chi connectivity index (χ0v) is 24.5. The average Bonchev–Trinajstić information content (AvgIpc) is 3.32. The normalized spacial score (nSPS) is 20.2. The number of carbonyl (C=O) groups excluding carboxylic acids is 2. The third kappa shape index (κ3) is 4.28. The quantitative estimate of drug-likeness (QED) is 0.391. The van der Waals surface area contributed by atoms with Gasteiger partial charge in [-0.1, -0.05) is 31.2 Å². The number of hydrogen-bond acceptors (Lipinski definition) is 5. The predicted molar refractivity (Wildman–Crippen MR) is 155 cm³/mol. The Morgan fingerprint density at radius 3 is 2.60 bits per heavy atom. The fraction of sp³-hybridized carbons (Fsp3) is 0.452. The monoisotopic (exact) mass is 545 g/mol. The summed E-state index contributed by atoms with van der Waals surface area (Å²) >= 11 is 0. The fourth-order valence-corrected chi connectivity index (χ4v) is 6.42. The van der Waals surface area contributed by atoms with Crippen molar-refractivity contribution in [3.63, 3.8) is 0 Å². The zero-order chi connectivity index (χ0) is 28.8. The molecule has 212 valence electrons. The number of amides is 3. The summed E-state index contributed by atoms with van der Waals surface area (Å²) in [7, 11) is 5.16. The number of methoxy groups -OCH3 is 2. The van der Waals surface area contributed by atoms with E-state index in [0.717, 1.165) is 33.5 Å². The van der Waals surface area contributed by atoms with Crippen LogP contribution in [0, 0.1) is 0 Å². The van der Waals surface area contributed by atoms with Crippen molar-refractivity contribution in [2.24, 2.45) is 7.05 Å². The Balaban J connectivity index is 1.47. The van der Waals surface area contributed by atoms with Crippen molar-refractivity contribution in [3.8, 4) is 11.5 Å². The van der Waals surface area contributed by atoms with Crippen molar-refractivity contribution >= 4 is 22.8 Å². The van der Waals surface area contributed by atoms with Crippen LogP contribution in [0.4, 0.5) is 4.79 Å². The van der Waals surface area contributed by atoms with Gasteiger partial charge in [0.1, 0.15) is 11.5 Å². The molecular formula is C31H39N5O4. The summed E-state index contributed by atoms with van der Waals surface area (Å²) in [5.74, 6) is 1.38. The fourth-order valence-electron chi connectivity index (χ4n) is 6.42. The number of hydrogen-bond donors (Lipinski definition) is 0. The van der Waals surface area contributed by atoms with Crippen LogP contribution in [0.2, 0.25) is 0 Å². The Hall–Kier alpha value is -4.01. The van der Waals surface area contributed by atoms with E-state index in [4.69, 9.17) is 9.47 Å². The molecule has 40 heavy (non-hydrogen) atoms. The van der Waals surface area contributed by atoms with Crippen molar-refractivity contribution in [1.29, 1.82) is 0 Å². The number of aryl methyl sites for hydroxylation is 1. The SMILES string of the molecule is CCN(CCC1(C)C2=C[C@H](C)c3c(cc(OC)cc3OC)CN2C(=O)N1CC)C(=O)c1nn(C)c2ccccc12. The number of carbonyl (C=O) groups is 2. The molecule has 9 nitrogen and oxygen atoms in total. The maximum atomic E-state index is 13.8. The Kier molecular flexibility index (Phi) is 7.25. The summed E-state index contributed by atoms with van der Waals surface area (Å²) in [6, 6.07) is 11.7. The molecule has 5 rings (SSSR count). The summed E-state index contributed by atoms with van der Waals surface area (Å²) < 4.78 is 13.0. The Labute approximate surface area is 235 Å². The van der Waals surface area contributed by atoms with E-state index in [2.05, 4.69) is 25.0 Å². The molecular weight excluding hydrogens is 506 g/mol. The van der Waals surface area contributed by atoms with Crippen LogP contribution in [-0.4, -0.2) is 75.8 Å². The van der Waals surface area contributed by atoms with Gasteiger partial charge in [0.2, 0.25) is 0 Å². The predicted octanol–water partition coefficient (Wildman–Crippen LogP) is 5.16. The van der Waals surface area contributed by atoms with E-state index in [1.54, 1.807) is 18.9 Å². The van der Waals surface area contributed by atoms with Crippen molar-refractivity contribution < 1.29 is 19.1 Å². The van der Waals surface area contributed by atoms with Crippen LogP contribution in [0.25, 0.3) is 10.9 Å². The third-order valence-corrected chi connectivity index (χ3v) is 8.56. The highest BCUT2D eigenvalue weighted by Crippen LogP contribution is 2.46. The average molecular weight is 546 g/mol. The van der Waals surface area contributed by atoms with E-state index < -0.39 is 5.54 Å². The highest BCUT2D eigenvalue weighted by atomic mass is 16.5. The van der Waals surface area contributed by atoms with E-state index in [1.165, 1.54) is 0 Å². The third-order valence-electron chi connectivity index (χ3n) is 8.56. The van der Waals surface area contributed by atoms with E-state index in [9.17, 15) is 9.59 Å². The number of ether oxygens (including phenoxy) is 2. The number of rotatable bonds is 8. The summed E-state index contributed by atoms with van der Waals surface area (Å²) in [5, 5.41) is 5.41. The smallest absolute Gasteiger partial charge is 0.325 e. The number of nitrogens with zero attached hydrogens (tertiary/aromatic N) is 5. The van der Waals surface area contributed by atoms with Gasteiger partial charge in [0, 0.05) is 55.3 Å². The minimum Gasteiger partial charge on any atom is -0.497 e. The van der Waals surface area contributed by atoms with Gasteiger partial charge in [-0.25, -0.2) is 4.79 Å². The molecule has 3 amide bonds. The van der Waals surface area contributed by atoms with Gasteiger partial charge in [-0.05, 0) is 44.9 Å². The van der Waals surface area contributed by atoms with Crippen LogP contribution < -0.4 is 9.47 Å². The van der Waals surface area contributed by atoms with Crippen molar-refractivity contribution in [1.82, 2.24) is 24.5 Å². The molecule has 0 radical (unpaired) electrons. The van der Waals surface area contributed by atoms with E-state index in [0.29, 0.717) is 44.0 Å². The Bertz CT molecular complexity index is 1490. The molecule has 9 heteroatoms. The molecule has 2 aromatic carbocycles. The Morgan fingerprint density at radius 1 is 1.18 bits per heavy atom. The zero-order valence-electron chi connectivity index (χ0n) is 24.5. The topological polar surface area (TPSA) is 80.1 Å². The molecule has 2 atom stereocenters. The number of aromatic nitrogens is 2. The molecule has 1 aromatic heterocycles. The van der Waals surface area contributed by atoms with E-state index in [1.807, 2.05) is 72.0 Å². The van der Waals surface area contributed by atoms with Gasteiger partial charge >= 0.3 is 6.03 Å². The maximum Gasteiger partial charge on any atom is 0.325 e. The highest BCUT2D eigenvalue weighted by molar-refractivity contribution is 6.04. The lowest BCUT2D eigenvalue weighted by Gasteiger charge is -2.36. The number of fused-ring (bicyclic) bond motifs is 3. The molecule has 3 heterocycles. The minimum atomic E-state index is -0.584. The lowest BCUT2D eigenvalue weighted by atomic mass is 9.88. The molecule has 0 saturated carbocycles. The van der Waals surface area contributed by atoms with Gasteiger partial charge < -0.3 is 19.3 Å². The highest BCUT2D eigenvalue weighted by Gasteiger charge is 2.51. The molecule has 1 fully saturated rings. The second-order valence-electron chi connectivity index (χ2n) is 10.8. The lowest BCUT2D eigenvalue weighted by molar-refractivity contribution is 0.0734. The number of likely N-dealkylation sites (N-methyl/N-ethyl adjacent to an activating group) is 1. The molecule has 2 aliphatic rings. The molecule has 2 aliphatic heterocycles. The molecule has 1 saturated heterocycles. The van der Waals surface area contributed by atoms with Gasteiger partial charge in [-0.15, -0.1) is 0 Å². The first-order valence-corrected chi connectivity index (χ1v) is 14.0. The van der Waals surface area contributed by atoms with Crippen LogP contribution in [-0.2, 0) is 13.6 Å². The van der Waals surface area contributed by atoms with Crippen molar-refractivity contribution in [3.05, 3.63) is 65.0 Å². The first-order valence-electron chi connectivity index (χ1n) is 14.0. The van der Waals surface area contributed by atoms with Crippen LogP contribution in [0.5, 0.6) is 11.5 Å². The largest absolute Gasteiger partial charge is 0.497 e. The van der Waals surface area contributed by atoms with E-state index in [-0.39, 0.29) is 17.9 Å². The number of allylic oxidation sites excluding steroid dienone is 1. The van der Waals surface area contributed by atoms with E-state index >= 15 is 0 Å². The van der Waals surface area contributed by atoms with Crippen LogP contribution in [0.3, 0.4) is 0 Å². The van der Waals surface area contributed by atoms with Crippen LogP contribution in [0.15, 0.2) is 48.2 Å². The number of urea groups is 1. The first kappa shape index (κ1) is 27.6. The number of benzene rings is 2. The summed E-state index contributed by atoms with van der Waals surface area (Å²) in [6.07, 6.45) is 2.79. The summed E-state index contributed by atoms with van der Waals surface area (Å²) in [6.45, 7) is 10.3.